The van der Waals surface area contributed by atoms with E-state index in [1.165, 1.54) is 6.26 Å². The Labute approximate surface area is 142 Å². The first-order valence-electron chi connectivity index (χ1n) is 7.83. The summed E-state index contributed by atoms with van der Waals surface area (Å²) in [7, 11) is 0. The van der Waals surface area contributed by atoms with Gasteiger partial charge in [-0.3, -0.25) is 4.79 Å². The highest BCUT2D eigenvalue weighted by Crippen LogP contribution is 2.44. The molecule has 2 unspecified atom stereocenters. The molecule has 2 N–H and O–H groups in total. The van der Waals surface area contributed by atoms with Gasteiger partial charge in [0, 0.05) is 12.0 Å². The van der Waals surface area contributed by atoms with E-state index in [0.717, 1.165) is 10.9 Å². The Morgan fingerprint density at radius 1 is 1.40 bits per heavy atom. The highest BCUT2D eigenvalue weighted by Gasteiger charge is 2.47. The van der Waals surface area contributed by atoms with Crippen LogP contribution in [0.25, 0.3) is 0 Å². The smallest absolute Gasteiger partial charge is 0.410 e. The summed E-state index contributed by atoms with van der Waals surface area (Å²) >= 11 is 0. The third kappa shape index (κ3) is 3.49. The molecule has 1 aliphatic heterocycles. The van der Waals surface area contributed by atoms with E-state index in [1.807, 2.05) is 0 Å². The van der Waals surface area contributed by atoms with Gasteiger partial charge in [0.05, 0.1) is 18.5 Å². The fourth-order valence-electron chi connectivity index (χ4n) is 2.81. The summed E-state index contributed by atoms with van der Waals surface area (Å²) in [6.07, 6.45) is -2.21. The van der Waals surface area contributed by atoms with Gasteiger partial charge in [-0.2, -0.15) is 18.3 Å². The maximum absolute atomic E-state index is 13.5. The SMILES string of the molecule is CC(C)(C)NC(=O)c1cnn2c1NC(c1ccco1)CC2C(F)(F)F. The quantitative estimate of drug-likeness (QED) is 0.861. The van der Waals surface area contributed by atoms with Crippen LogP contribution in [0.15, 0.2) is 29.0 Å². The van der Waals surface area contributed by atoms with Crippen molar-refractivity contribution in [3.05, 3.63) is 35.9 Å². The molecule has 0 radical (unpaired) electrons. The molecule has 0 aromatic carbocycles. The zero-order valence-corrected chi connectivity index (χ0v) is 14.0. The van der Waals surface area contributed by atoms with Crippen LogP contribution in [0.5, 0.6) is 0 Å². The summed E-state index contributed by atoms with van der Waals surface area (Å²) in [5, 5.41) is 9.51. The number of rotatable bonds is 2. The predicted molar refractivity (Wildman–Crippen MR) is 84.2 cm³/mol. The molecule has 6 nitrogen and oxygen atoms in total. The van der Waals surface area contributed by atoms with Crippen LogP contribution in [0.3, 0.4) is 0 Å². The summed E-state index contributed by atoms with van der Waals surface area (Å²) < 4.78 is 46.6. The third-order valence-electron chi connectivity index (χ3n) is 3.86. The number of nitrogens with zero attached hydrogens (tertiary/aromatic N) is 2. The number of anilines is 1. The van der Waals surface area contributed by atoms with Gasteiger partial charge in [-0.15, -0.1) is 0 Å². The van der Waals surface area contributed by atoms with E-state index >= 15 is 0 Å². The third-order valence-corrected chi connectivity index (χ3v) is 3.86. The van der Waals surface area contributed by atoms with Gasteiger partial charge in [0.2, 0.25) is 0 Å². The largest absolute Gasteiger partial charge is 0.467 e. The first-order valence-corrected chi connectivity index (χ1v) is 7.83. The van der Waals surface area contributed by atoms with Crippen LogP contribution in [0.4, 0.5) is 19.0 Å². The van der Waals surface area contributed by atoms with Crippen LogP contribution >= 0.6 is 0 Å². The van der Waals surface area contributed by atoms with Crippen LogP contribution in [0.1, 0.15) is 55.4 Å². The van der Waals surface area contributed by atoms with Gasteiger partial charge in [-0.25, -0.2) is 4.68 Å². The summed E-state index contributed by atoms with van der Waals surface area (Å²) in [4.78, 5) is 12.4. The van der Waals surface area contributed by atoms with Crippen molar-refractivity contribution >= 4 is 11.7 Å². The van der Waals surface area contributed by atoms with E-state index in [1.54, 1.807) is 32.9 Å². The van der Waals surface area contributed by atoms with Crippen molar-refractivity contribution in [1.29, 1.82) is 0 Å². The van der Waals surface area contributed by atoms with Gasteiger partial charge in [0.15, 0.2) is 6.04 Å². The Bertz CT molecular complexity index is 759. The fourth-order valence-corrected chi connectivity index (χ4v) is 2.81. The van der Waals surface area contributed by atoms with Gasteiger partial charge >= 0.3 is 6.18 Å². The van der Waals surface area contributed by atoms with E-state index in [4.69, 9.17) is 4.42 Å². The van der Waals surface area contributed by atoms with Gasteiger partial charge in [0.1, 0.15) is 17.1 Å². The second-order valence-electron chi connectivity index (χ2n) is 7.06. The van der Waals surface area contributed by atoms with E-state index in [0.29, 0.717) is 5.76 Å². The molecule has 25 heavy (non-hydrogen) atoms. The lowest BCUT2D eigenvalue weighted by Gasteiger charge is -2.33. The summed E-state index contributed by atoms with van der Waals surface area (Å²) in [6.45, 7) is 5.37. The molecular formula is C16H19F3N4O2. The Hall–Kier alpha value is -2.45. The molecule has 1 amide bonds. The lowest BCUT2D eigenvalue weighted by Crippen LogP contribution is -2.41. The van der Waals surface area contributed by atoms with Gasteiger partial charge in [0.25, 0.3) is 5.91 Å². The zero-order chi connectivity index (χ0) is 18.4. The van der Waals surface area contributed by atoms with E-state index < -0.39 is 29.7 Å². The number of furan rings is 1. The number of alkyl halides is 3. The number of fused-ring (bicyclic) bond motifs is 1. The molecule has 0 saturated carbocycles. The predicted octanol–water partition coefficient (Wildman–Crippen LogP) is 3.66. The number of hydrogen-bond acceptors (Lipinski definition) is 4. The zero-order valence-electron chi connectivity index (χ0n) is 14.0. The van der Waals surface area contributed by atoms with Crippen molar-refractivity contribution in [2.24, 2.45) is 0 Å². The van der Waals surface area contributed by atoms with Crippen molar-refractivity contribution in [1.82, 2.24) is 15.1 Å². The highest BCUT2D eigenvalue weighted by atomic mass is 19.4. The van der Waals surface area contributed by atoms with Crippen LogP contribution in [-0.2, 0) is 0 Å². The maximum Gasteiger partial charge on any atom is 0.410 e. The van der Waals surface area contributed by atoms with Crippen molar-refractivity contribution < 1.29 is 22.4 Å². The number of nitrogens with one attached hydrogen (secondary N) is 2. The van der Waals surface area contributed by atoms with Gasteiger partial charge < -0.3 is 15.1 Å². The molecule has 136 valence electrons. The number of carbonyl (C=O) groups is 1. The minimum absolute atomic E-state index is 0.0386. The molecule has 3 rings (SSSR count). The van der Waals surface area contributed by atoms with E-state index in [-0.39, 0.29) is 17.8 Å². The number of amides is 1. The topological polar surface area (TPSA) is 72.1 Å². The van der Waals surface area contributed by atoms with Gasteiger partial charge in [-0.1, -0.05) is 0 Å². The van der Waals surface area contributed by atoms with Crippen molar-refractivity contribution in [3.63, 3.8) is 0 Å². The van der Waals surface area contributed by atoms with Crippen LogP contribution in [-0.4, -0.2) is 27.4 Å². The molecule has 2 aromatic heterocycles. The minimum atomic E-state index is -4.49. The second kappa shape index (κ2) is 5.82. The van der Waals surface area contributed by atoms with Crippen molar-refractivity contribution in [2.45, 2.75) is 51.0 Å². The number of halogens is 3. The summed E-state index contributed by atoms with van der Waals surface area (Å²) in [5.41, 5.74) is -0.454. The first-order chi connectivity index (χ1) is 11.6. The standard InChI is InChI=1S/C16H19F3N4O2/c1-15(2,3)22-14(24)9-8-20-23-12(16(17,18)19)7-10(21-13(9)23)11-5-4-6-25-11/h4-6,8,10,12,21H,7H2,1-3H3,(H,22,24). The fraction of sp³-hybridized carbons (Fsp3) is 0.500. The number of aromatic nitrogens is 2. The minimum Gasteiger partial charge on any atom is -0.467 e. The molecule has 0 aliphatic carbocycles. The number of carbonyl (C=O) groups excluding carboxylic acids is 1. The molecule has 0 saturated heterocycles. The summed E-state index contributed by atoms with van der Waals surface area (Å²) in [6, 6.07) is 0.673. The maximum atomic E-state index is 13.5. The molecule has 9 heteroatoms. The normalized spacial score (nSPS) is 20.7. The molecule has 2 atom stereocenters. The lowest BCUT2D eigenvalue weighted by molar-refractivity contribution is -0.174. The monoisotopic (exact) mass is 356 g/mol. The Morgan fingerprint density at radius 2 is 2.12 bits per heavy atom. The average Bonchev–Trinajstić information content (AvgIpc) is 3.12. The van der Waals surface area contributed by atoms with Crippen LogP contribution in [0, 0.1) is 0 Å². The lowest BCUT2D eigenvalue weighted by atomic mass is 10.0. The number of hydrogen-bond donors (Lipinski definition) is 2. The van der Waals surface area contributed by atoms with Crippen molar-refractivity contribution in [3.8, 4) is 0 Å². The van der Waals surface area contributed by atoms with Crippen LogP contribution < -0.4 is 10.6 Å². The van der Waals surface area contributed by atoms with Crippen molar-refractivity contribution in [2.75, 3.05) is 5.32 Å². The molecule has 0 bridgehead atoms. The molecular weight excluding hydrogens is 337 g/mol. The highest BCUT2D eigenvalue weighted by molar-refractivity contribution is 5.99. The summed E-state index contributed by atoms with van der Waals surface area (Å²) in [5.74, 6) is -0.0668. The average molecular weight is 356 g/mol. The second-order valence-corrected chi connectivity index (χ2v) is 7.06. The molecule has 0 fully saturated rings. The molecule has 2 aromatic rings. The Morgan fingerprint density at radius 3 is 2.68 bits per heavy atom. The molecule has 0 spiro atoms. The molecule has 1 aliphatic rings. The van der Waals surface area contributed by atoms with Crippen LogP contribution in [0.2, 0.25) is 0 Å². The van der Waals surface area contributed by atoms with Gasteiger partial charge in [-0.05, 0) is 32.9 Å². The Kier molecular flexibility index (Phi) is 4.04. The van der Waals surface area contributed by atoms with E-state index in [9.17, 15) is 18.0 Å². The van der Waals surface area contributed by atoms with E-state index in [2.05, 4.69) is 15.7 Å². The first kappa shape index (κ1) is 17.4. The Balaban J connectivity index is 2.00. The molecule has 3 heterocycles.